The standard InChI is InChI=1S/C15H18ClN3O2/c1-11-13(16)9-18-19(11)10-15(17-2,14(20)21-3)12-7-5-4-6-8-12/h4-9,17H,10H2,1-3H3. The van der Waals surface area contributed by atoms with Crippen molar-refractivity contribution in [1.29, 1.82) is 0 Å². The zero-order chi connectivity index (χ0) is 15.5. The molecule has 0 amide bonds. The lowest BCUT2D eigenvalue weighted by atomic mass is 9.89. The summed E-state index contributed by atoms with van der Waals surface area (Å²) in [4.78, 5) is 12.4. The number of ether oxygens (including phenoxy) is 1. The monoisotopic (exact) mass is 307 g/mol. The summed E-state index contributed by atoms with van der Waals surface area (Å²) in [6.07, 6.45) is 1.57. The van der Waals surface area contributed by atoms with Gasteiger partial charge in [-0.3, -0.25) is 10.00 Å². The normalized spacial score (nSPS) is 13.7. The summed E-state index contributed by atoms with van der Waals surface area (Å²) in [5.41, 5.74) is 0.595. The first kappa shape index (κ1) is 15.5. The van der Waals surface area contributed by atoms with Crippen LogP contribution in [-0.2, 0) is 21.6 Å². The van der Waals surface area contributed by atoms with Crippen LogP contribution in [0.1, 0.15) is 11.3 Å². The molecule has 0 aliphatic rings. The number of likely N-dealkylation sites (N-methyl/N-ethyl adjacent to an activating group) is 1. The van der Waals surface area contributed by atoms with Gasteiger partial charge in [0.1, 0.15) is 0 Å². The van der Waals surface area contributed by atoms with Crippen molar-refractivity contribution in [2.45, 2.75) is 19.0 Å². The van der Waals surface area contributed by atoms with Crippen molar-refractivity contribution < 1.29 is 9.53 Å². The quantitative estimate of drug-likeness (QED) is 0.860. The fourth-order valence-electron chi connectivity index (χ4n) is 2.30. The second kappa shape index (κ2) is 6.28. The maximum absolute atomic E-state index is 12.4. The van der Waals surface area contributed by atoms with Crippen LogP contribution in [0.25, 0.3) is 0 Å². The predicted octanol–water partition coefficient (Wildman–Crippen LogP) is 2.13. The highest BCUT2D eigenvalue weighted by atomic mass is 35.5. The second-order valence-corrected chi connectivity index (χ2v) is 5.16. The molecule has 5 nitrogen and oxygen atoms in total. The van der Waals surface area contributed by atoms with Gasteiger partial charge in [0.25, 0.3) is 0 Å². The van der Waals surface area contributed by atoms with E-state index in [1.807, 2.05) is 37.3 Å². The molecule has 112 valence electrons. The van der Waals surface area contributed by atoms with Crippen molar-refractivity contribution in [2.24, 2.45) is 0 Å². The third kappa shape index (κ3) is 2.80. The van der Waals surface area contributed by atoms with E-state index in [0.717, 1.165) is 11.3 Å². The summed E-state index contributed by atoms with van der Waals surface area (Å²) >= 11 is 6.04. The fraction of sp³-hybridized carbons (Fsp3) is 0.333. The van der Waals surface area contributed by atoms with Crippen molar-refractivity contribution in [1.82, 2.24) is 15.1 Å². The van der Waals surface area contributed by atoms with Crippen LogP contribution in [0.3, 0.4) is 0 Å². The average Bonchev–Trinajstić information content (AvgIpc) is 2.84. The summed E-state index contributed by atoms with van der Waals surface area (Å²) in [6.45, 7) is 2.15. The summed E-state index contributed by atoms with van der Waals surface area (Å²) < 4.78 is 6.70. The van der Waals surface area contributed by atoms with Gasteiger partial charge in [0.15, 0.2) is 5.54 Å². The maximum atomic E-state index is 12.4. The molecule has 1 atom stereocenters. The Morgan fingerprint density at radius 1 is 1.43 bits per heavy atom. The molecule has 21 heavy (non-hydrogen) atoms. The molecule has 0 aliphatic carbocycles. The Morgan fingerprint density at radius 2 is 2.10 bits per heavy atom. The van der Waals surface area contributed by atoms with Crippen LogP contribution < -0.4 is 5.32 Å². The molecular weight excluding hydrogens is 290 g/mol. The molecule has 1 unspecified atom stereocenters. The molecule has 0 spiro atoms. The van der Waals surface area contributed by atoms with Gasteiger partial charge in [-0.25, -0.2) is 4.79 Å². The van der Waals surface area contributed by atoms with E-state index in [4.69, 9.17) is 16.3 Å². The van der Waals surface area contributed by atoms with Crippen LogP contribution in [0, 0.1) is 6.92 Å². The molecule has 1 aromatic carbocycles. The van der Waals surface area contributed by atoms with Crippen LogP contribution in [-0.4, -0.2) is 29.9 Å². The van der Waals surface area contributed by atoms with Gasteiger partial charge in [0, 0.05) is 0 Å². The zero-order valence-corrected chi connectivity index (χ0v) is 13.0. The topological polar surface area (TPSA) is 56.2 Å². The minimum atomic E-state index is -1.02. The highest BCUT2D eigenvalue weighted by Crippen LogP contribution is 2.26. The number of esters is 1. The summed E-state index contributed by atoms with van der Waals surface area (Å²) in [7, 11) is 3.10. The highest BCUT2D eigenvalue weighted by Gasteiger charge is 2.41. The zero-order valence-electron chi connectivity index (χ0n) is 12.3. The number of nitrogens with one attached hydrogen (secondary N) is 1. The van der Waals surface area contributed by atoms with Gasteiger partial charge in [-0.05, 0) is 19.5 Å². The molecule has 0 bridgehead atoms. The van der Waals surface area contributed by atoms with Crippen molar-refractivity contribution in [2.75, 3.05) is 14.2 Å². The minimum Gasteiger partial charge on any atom is -0.467 e. The Balaban J connectivity index is 2.50. The summed E-state index contributed by atoms with van der Waals surface area (Å²) in [6, 6.07) is 9.43. The van der Waals surface area contributed by atoms with Gasteiger partial charge in [-0.15, -0.1) is 0 Å². The van der Waals surface area contributed by atoms with Crippen molar-refractivity contribution in [3.8, 4) is 0 Å². The van der Waals surface area contributed by atoms with Crippen LogP contribution in [0.4, 0.5) is 0 Å². The van der Waals surface area contributed by atoms with Gasteiger partial charge < -0.3 is 4.74 Å². The highest BCUT2D eigenvalue weighted by molar-refractivity contribution is 6.31. The van der Waals surface area contributed by atoms with Gasteiger partial charge in [0.05, 0.1) is 30.6 Å². The Labute approximate surface area is 128 Å². The van der Waals surface area contributed by atoms with E-state index in [1.165, 1.54) is 7.11 Å². The molecule has 1 N–H and O–H groups in total. The molecule has 1 heterocycles. The molecule has 1 aromatic heterocycles. The first-order chi connectivity index (χ1) is 10.0. The van der Waals surface area contributed by atoms with E-state index >= 15 is 0 Å². The third-order valence-electron chi connectivity index (χ3n) is 3.66. The van der Waals surface area contributed by atoms with E-state index in [-0.39, 0.29) is 5.97 Å². The van der Waals surface area contributed by atoms with E-state index in [9.17, 15) is 4.79 Å². The van der Waals surface area contributed by atoms with E-state index < -0.39 is 5.54 Å². The number of hydrogen-bond acceptors (Lipinski definition) is 4. The molecule has 2 aromatic rings. The fourth-order valence-corrected chi connectivity index (χ4v) is 2.45. The lowest BCUT2D eigenvalue weighted by molar-refractivity contribution is -0.149. The number of rotatable bonds is 5. The molecular formula is C15H18ClN3O2. The van der Waals surface area contributed by atoms with E-state index in [1.54, 1.807) is 17.9 Å². The van der Waals surface area contributed by atoms with Gasteiger partial charge in [-0.1, -0.05) is 41.9 Å². The van der Waals surface area contributed by atoms with E-state index in [2.05, 4.69) is 10.4 Å². The summed E-state index contributed by atoms with van der Waals surface area (Å²) in [5.74, 6) is -0.373. The Bertz CT molecular complexity index is 627. The largest absolute Gasteiger partial charge is 0.467 e. The number of carbonyl (C=O) groups excluding carboxylic acids is 1. The smallest absolute Gasteiger partial charge is 0.332 e. The van der Waals surface area contributed by atoms with Crippen LogP contribution in [0.15, 0.2) is 36.5 Å². The minimum absolute atomic E-state index is 0.290. The number of aromatic nitrogens is 2. The van der Waals surface area contributed by atoms with Crippen LogP contribution in [0.5, 0.6) is 0 Å². The molecule has 0 saturated carbocycles. The van der Waals surface area contributed by atoms with Gasteiger partial charge in [-0.2, -0.15) is 5.10 Å². The number of hydrogen-bond donors (Lipinski definition) is 1. The van der Waals surface area contributed by atoms with Gasteiger partial charge in [0.2, 0.25) is 0 Å². The number of methoxy groups -OCH3 is 1. The molecule has 0 aliphatic heterocycles. The Morgan fingerprint density at radius 3 is 2.57 bits per heavy atom. The number of carbonyl (C=O) groups is 1. The van der Waals surface area contributed by atoms with Crippen LogP contribution >= 0.6 is 11.6 Å². The first-order valence-electron chi connectivity index (χ1n) is 6.56. The molecule has 2 rings (SSSR count). The number of benzene rings is 1. The molecule has 6 heteroatoms. The average molecular weight is 308 g/mol. The lowest BCUT2D eigenvalue weighted by Crippen LogP contribution is -2.51. The second-order valence-electron chi connectivity index (χ2n) is 4.75. The Hall–Kier alpha value is -1.85. The predicted molar refractivity (Wildman–Crippen MR) is 81.2 cm³/mol. The molecule has 0 radical (unpaired) electrons. The summed E-state index contributed by atoms with van der Waals surface area (Å²) in [5, 5.41) is 7.88. The van der Waals surface area contributed by atoms with Gasteiger partial charge >= 0.3 is 5.97 Å². The molecule has 0 fully saturated rings. The first-order valence-corrected chi connectivity index (χ1v) is 6.93. The lowest BCUT2D eigenvalue weighted by Gasteiger charge is -2.31. The third-order valence-corrected chi connectivity index (χ3v) is 4.03. The van der Waals surface area contributed by atoms with Crippen molar-refractivity contribution in [3.05, 3.63) is 52.8 Å². The van der Waals surface area contributed by atoms with Crippen molar-refractivity contribution >= 4 is 17.6 Å². The Kier molecular flexibility index (Phi) is 4.65. The number of halogens is 1. The number of nitrogens with zero attached hydrogens (tertiary/aromatic N) is 2. The maximum Gasteiger partial charge on any atom is 0.332 e. The molecule has 0 saturated heterocycles. The SMILES string of the molecule is CNC(Cn1ncc(Cl)c1C)(C(=O)OC)c1ccccc1. The van der Waals surface area contributed by atoms with E-state index in [0.29, 0.717) is 11.6 Å². The van der Waals surface area contributed by atoms with Crippen molar-refractivity contribution in [3.63, 3.8) is 0 Å². The van der Waals surface area contributed by atoms with Crippen LogP contribution in [0.2, 0.25) is 5.02 Å².